The van der Waals surface area contributed by atoms with Crippen LogP contribution in [-0.4, -0.2) is 9.97 Å². The van der Waals surface area contributed by atoms with E-state index in [2.05, 4.69) is 22.1 Å². The molecule has 0 saturated heterocycles. The standard InChI is InChI=1S/C9H5Cl2N.C9H7N.ClH/c10-8-5-6-3-1-2-4-7(6)9(11)12-8;1-2-4-9-7-10-6-5-8(9)3-1;/h1-5H;1-7H;1H. The van der Waals surface area contributed by atoms with Gasteiger partial charge in [-0.3, -0.25) is 4.98 Å². The summed E-state index contributed by atoms with van der Waals surface area (Å²) in [5.74, 6) is 0. The van der Waals surface area contributed by atoms with Crippen LogP contribution in [0.2, 0.25) is 10.3 Å². The molecule has 4 rings (SSSR count). The van der Waals surface area contributed by atoms with Gasteiger partial charge in [0.05, 0.1) is 0 Å². The van der Waals surface area contributed by atoms with Gasteiger partial charge in [-0.05, 0) is 28.3 Å². The van der Waals surface area contributed by atoms with Gasteiger partial charge in [-0.25, -0.2) is 4.98 Å². The second-order valence-corrected chi connectivity index (χ2v) is 5.43. The molecule has 0 fully saturated rings. The first-order valence-electron chi connectivity index (χ1n) is 6.73. The fraction of sp³-hybridized carbons (Fsp3) is 0. The van der Waals surface area contributed by atoms with E-state index in [4.69, 9.17) is 23.2 Å². The molecule has 0 bridgehead atoms. The van der Waals surface area contributed by atoms with Crippen molar-refractivity contribution in [2.24, 2.45) is 0 Å². The Bertz CT molecular complexity index is 860. The van der Waals surface area contributed by atoms with Crippen molar-refractivity contribution in [3.8, 4) is 0 Å². The molecule has 0 saturated carbocycles. The lowest BCUT2D eigenvalue weighted by molar-refractivity contribution is 1.36. The maximum absolute atomic E-state index is 5.87. The second-order valence-electron chi connectivity index (χ2n) is 4.68. The third-order valence-electron chi connectivity index (χ3n) is 3.21. The van der Waals surface area contributed by atoms with Crippen LogP contribution in [0.5, 0.6) is 0 Å². The normalized spacial score (nSPS) is 9.83. The van der Waals surface area contributed by atoms with Crippen molar-refractivity contribution < 1.29 is 0 Å². The van der Waals surface area contributed by atoms with E-state index < -0.39 is 0 Å². The number of nitrogens with zero attached hydrogens (tertiary/aromatic N) is 2. The maximum Gasteiger partial charge on any atom is 0.138 e. The van der Waals surface area contributed by atoms with Gasteiger partial charge in [0.25, 0.3) is 0 Å². The Morgan fingerprint density at radius 2 is 1.39 bits per heavy atom. The summed E-state index contributed by atoms with van der Waals surface area (Å²) in [4.78, 5) is 7.95. The van der Waals surface area contributed by atoms with Gasteiger partial charge >= 0.3 is 0 Å². The largest absolute Gasteiger partial charge is 0.264 e. The molecule has 23 heavy (non-hydrogen) atoms. The summed E-state index contributed by atoms with van der Waals surface area (Å²) in [7, 11) is 0. The van der Waals surface area contributed by atoms with Crippen molar-refractivity contribution in [3.63, 3.8) is 0 Å². The van der Waals surface area contributed by atoms with Crippen LogP contribution < -0.4 is 0 Å². The molecule has 4 aromatic rings. The third-order valence-corrected chi connectivity index (χ3v) is 3.69. The van der Waals surface area contributed by atoms with Crippen LogP contribution in [0, 0.1) is 0 Å². The van der Waals surface area contributed by atoms with Gasteiger partial charge in [0.15, 0.2) is 0 Å². The Morgan fingerprint density at radius 1 is 0.739 bits per heavy atom. The zero-order chi connectivity index (χ0) is 15.4. The monoisotopic (exact) mass is 362 g/mol. The minimum absolute atomic E-state index is 0. The Morgan fingerprint density at radius 3 is 2.13 bits per heavy atom. The number of benzene rings is 2. The maximum atomic E-state index is 5.87. The van der Waals surface area contributed by atoms with E-state index in [9.17, 15) is 0 Å². The third kappa shape index (κ3) is 4.32. The molecule has 2 aromatic carbocycles. The summed E-state index contributed by atoms with van der Waals surface area (Å²) >= 11 is 11.6. The number of hydrogen-bond donors (Lipinski definition) is 0. The highest BCUT2D eigenvalue weighted by atomic mass is 35.5. The lowest BCUT2D eigenvalue weighted by atomic mass is 10.2. The van der Waals surface area contributed by atoms with Crippen LogP contribution in [0.4, 0.5) is 0 Å². The lowest BCUT2D eigenvalue weighted by Gasteiger charge is -1.98. The molecule has 0 aliphatic carbocycles. The predicted molar refractivity (Wildman–Crippen MR) is 101 cm³/mol. The second kappa shape index (κ2) is 8.11. The Balaban J connectivity index is 0.000000162. The van der Waals surface area contributed by atoms with Gasteiger partial charge in [-0.15, -0.1) is 12.4 Å². The molecule has 2 nitrogen and oxygen atoms in total. The summed E-state index contributed by atoms with van der Waals surface area (Å²) in [5, 5.41) is 5.28. The Labute approximate surface area is 150 Å². The zero-order valence-corrected chi connectivity index (χ0v) is 14.3. The minimum Gasteiger partial charge on any atom is -0.264 e. The molecule has 0 aliphatic heterocycles. The van der Waals surface area contributed by atoms with Crippen molar-refractivity contribution in [2.45, 2.75) is 0 Å². The molecule has 0 aliphatic rings. The van der Waals surface area contributed by atoms with E-state index in [0.29, 0.717) is 10.3 Å². The average molecular weight is 364 g/mol. The van der Waals surface area contributed by atoms with E-state index >= 15 is 0 Å². The number of hydrogen-bond acceptors (Lipinski definition) is 2. The van der Waals surface area contributed by atoms with Crippen molar-refractivity contribution in [1.82, 2.24) is 9.97 Å². The van der Waals surface area contributed by atoms with Gasteiger partial charge in [0.2, 0.25) is 0 Å². The summed E-state index contributed by atoms with van der Waals surface area (Å²) in [6, 6.07) is 19.7. The summed E-state index contributed by atoms with van der Waals surface area (Å²) < 4.78 is 0. The SMILES string of the molecule is Cl.Clc1cc2ccccc2c(Cl)n1.c1ccc2cnccc2c1. The van der Waals surface area contributed by atoms with Gasteiger partial charge in [-0.1, -0.05) is 71.7 Å². The zero-order valence-electron chi connectivity index (χ0n) is 12.0. The predicted octanol–water partition coefficient (Wildman–Crippen LogP) is 6.20. The lowest BCUT2D eigenvalue weighted by Crippen LogP contribution is -1.79. The highest BCUT2D eigenvalue weighted by Gasteiger charge is 2.00. The van der Waals surface area contributed by atoms with Crippen molar-refractivity contribution in [3.05, 3.63) is 83.4 Å². The van der Waals surface area contributed by atoms with E-state index in [1.54, 1.807) is 6.07 Å². The molecular weight excluding hydrogens is 351 g/mol. The van der Waals surface area contributed by atoms with E-state index in [1.807, 2.05) is 54.9 Å². The van der Waals surface area contributed by atoms with Crippen molar-refractivity contribution in [1.29, 1.82) is 0 Å². The molecule has 0 N–H and O–H groups in total. The number of rotatable bonds is 0. The van der Waals surface area contributed by atoms with E-state index in [0.717, 1.165) is 10.8 Å². The van der Waals surface area contributed by atoms with Crippen LogP contribution in [-0.2, 0) is 0 Å². The first-order chi connectivity index (χ1) is 10.7. The molecular formula is C18H13Cl3N2. The minimum atomic E-state index is 0. The highest BCUT2D eigenvalue weighted by molar-refractivity contribution is 6.36. The smallest absolute Gasteiger partial charge is 0.138 e. The summed E-state index contributed by atoms with van der Waals surface area (Å²) in [5.41, 5.74) is 0. The molecule has 5 heteroatoms. The highest BCUT2D eigenvalue weighted by Crippen LogP contribution is 2.23. The van der Waals surface area contributed by atoms with Gasteiger partial charge in [0, 0.05) is 17.8 Å². The summed E-state index contributed by atoms with van der Waals surface area (Å²) in [6.45, 7) is 0. The van der Waals surface area contributed by atoms with Crippen molar-refractivity contribution >= 4 is 57.2 Å². The first-order valence-corrected chi connectivity index (χ1v) is 7.49. The fourth-order valence-electron chi connectivity index (χ4n) is 2.15. The van der Waals surface area contributed by atoms with Crippen LogP contribution >= 0.6 is 35.6 Å². The molecule has 116 valence electrons. The van der Waals surface area contributed by atoms with Crippen LogP contribution in [0.25, 0.3) is 21.5 Å². The van der Waals surface area contributed by atoms with E-state index in [-0.39, 0.29) is 12.4 Å². The number of aromatic nitrogens is 2. The molecule has 0 radical (unpaired) electrons. The number of halogens is 3. The molecule has 0 atom stereocenters. The van der Waals surface area contributed by atoms with Crippen LogP contribution in [0.3, 0.4) is 0 Å². The Hall–Kier alpha value is -1.87. The van der Waals surface area contributed by atoms with Crippen LogP contribution in [0.15, 0.2) is 73.1 Å². The van der Waals surface area contributed by atoms with Gasteiger partial charge < -0.3 is 0 Å². The molecule has 0 spiro atoms. The fourth-order valence-corrected chi connectivity index (χ4v) is 2.66. The number of fused-ring (bicyclic) bond motifs is 2. The van der Waals surface area contributed by atoms with Crippen LogP contribution in [0.1, 0.15) is 0 Å². The number of pyridine rings is 2. The van der Waals surface area contributed by atoms with Crippen molar-refractivity contribution in [2.75, 3.05) is 0 Å². The summed E-state index contributed by atoms with van der Waals surface area (Å²) in [6.07, 6.45) is 3.68. The quantitative estimate of drug-likeness (QED) is 0.348. The topological polar surface area (TPSA) is 25.8 Å². The molecule has 0 unspecified atom stereocenters. The van der Waals surface area contributed by atoms with Gasteiger partial charge in [0.1, 0.15) is 10.3 Å². The molecule has 2 heterocycles. The van der Waals surface area contributed by atoms with Gasteiger partial charge in [-0.2, -0.15) is 0 Å². The Kier molecular flexibility index (Phi) is 6.17. The molecule has 2 aromatic heterocycles. The average Bonchev–Trinajstić information content (AvgIpc) is 2.55. The van der Waals surface area contributed by atoms with E-state index in [1.165, 1.54) is 10.8 Å². The molecule has 0 amide bonds. The first kappa shape index (κ1) is 17.5.